The molecule has 84 valence electrons. The Labute approximate surface area is 94.1 Å². The fourth-order valence-corrected chi connectivity index (χ4v) is 1.81. The summed E-state index contributed by atoms with van der Waals surface area (Å²) in [6, 6.07) is -0.166. The van der Waals surface area contributed by atoms with Gasteiger partial charge >= 0.3 is 6.03 Å². The summed E-state index contributed by atoms with van der Waals surface area (Å²) >= 11 is 1.44. The van der Waals surface area contributed by atoms with Gasteiger partial charge in [-0.05, 0) is 13.3 Å². The summed E-state index contributed by atoms with van der Waals surface area (Å²) in [4.78, 5) is 15.5. The molecule has 0 aliphatic carbocycles. The Morgan fingerprint density at radius 3 is 2.93 bits per heavy atom. The zero-order chi connectivity index (χ0) is 11.1. The molecule has 0 fully saturated rings. The van der Waals surface area contributed by atoms with Gasteiger partial charge in [0, 0.05) is 11.9 Å². The van der Waals surface area contributed by atoms with Crippen molar-refractivity contribution >= 4 is 22.5 Å². The van der Waals surface area contributed by atoms with Gasteiger partial charge in [0.1, 0.15) is 0 Å². The lowest BCUT2D eigenvalue weighted by molar-refractivity contribution is 0.252. The van der Waals surface area contributed by atoms with Gasteiger partial charge in [0.2, 0.25) is 0 Å². The average molecular weight is 227 g/mol. The number of amides is 2. The Bertz CT molecular complexity index is 311. The van der Waals surface area contributed by atoms with Gasteiger partial charge in [0.05, 0.1) is 5.69 Å². The molecule has 1 aromatic rings. The predicted octanol–water partition coefficient (Wildman–Crippen LogP) is 2.76. The van der Waals surface area contributed by atoms with Crippen LogP contribution in [0.3, 0.4) is 0 Å². The van der Waals surface area contributed by atoms with E-state index >= 15 is 0 Å². The van der Waals surface area contributed by atoms with Crippen LogP contribution in [0, 0.1) is 6.92 Å². The van der Waals surface area contributed by atoms with E-state index in [1.165, 1.54) is 11.3 Å². The van der Waals surface area contributed by atoms with E-state index in [0.717, 1.165) is 31.5 Å². The number of nitrogens with zero attached hydrogens (tertiary/aromatic N) is 1. The van der Waals surface area contributed by atoms with Crippen molar-refractivity contribution in [2.24, 2.45) is 0 Å². The van der Waals surface area contributed by atoms with Crippen LogP contribution in [-0.4, -0.2) is 17.6 Å². The van der Waals surface area contributed by atoms with Crippen molar-refractivity contribution in [2.75, 3.05) is 11.9 Å². The highest BCUT2D eigenvalue weighted by Crippen LogP contribution is 2.13. The van der Waals surface area contributed by atoms with Crippen LogP contribution in [0.5, 0.6) is 0 Å². The molecule has 0 radical (unpaired) electrons. The van der Waals surface area contributed by atoms with Gasteiger partial charge in [-0.1, -0.05) is 19.8 Å². The second kappa shape index (κ2) is 6.40. The number of hydrogen-bond acceptors (Lipinski definition) is 3. The molecule has 1 aromatic heterocycles. The molecule has 0 aromatic carbocycles. The summed E-state index contributed by atoms with van der Waals surface area (Å²) in [7, 11) is 0. The Hall–Kier alpha value is -1.10. The van der Waals surface area contributed by atoms with Crippen molar-refractivity contribution < 1.29 is 4.79 Å². The fraction of sp³-hybridized carbons (Fsp3) is 0.600. The number of carbonyl (C=O) groups excluding carboxylic acids is 1. The normalized spacial score (nSPS) is 10.0. The lowest BCUT2D eigenvalue weighted by atomic mass is 10.2. The number of carbonyl (C=O) groups is 1. The SMILES string of the molecule is CCCCCNC(=O)Nc1nc(C)cs1. The van der Waals surface area contributed by atoms with Crippen molar-refractivity contribution in [2.45, 2.75) is 33.1 Å². The van der Waals surface area contributed by atoms with Gasteiger partial charge in [-0.25, -0.2) is 9.78 Å². The summed E-state index contributed by atoms with van der Waals surface area (Å²) in [5.41, 5.74) is 0.932. The zero-order valence-electron chi connectivity index (χ0n) is 9.17. The molecule has 0 saturated carbocycles. The van der Waals surface area contributed by atoms with Crippen LogP contribution in [0.4, 0.5) is 9.93 Å². The number of nitrogens with one attached hydrogen (secondary N) is 2. The number of unbranched alkanes of at least 4 members (excludes halogenated alkanes) is 2. The molecule has 2 amide bonds. The molecule has 4 nitrogen and oxygen atoms in total. The van der Waals surface area contributed by atoms with Crippen LogP contribution in [0.25, 0.3) is 0 Å². The van der Waals surface area contributed by atoms with Gasteiger partial charge < -0.3 is 5.32 Å². The van der Waals surface area contributed by atoms with E-state index < -0.39 is 0 Å². The number of aromatic nitrogens is 1. The average Bonchev–Trinajstić information content (AvgIpc) is 2.59. The van der Waals surface area contributed by atoms with Gasteiger partial charge in [-0.3, -0.25) is 5.32 Å². The minimum atomic E-state index is -0.166. The summed E-state index contributed by atoms with van der Waals surface area (Å²) in [6.07, 6.45) is 3.34. The zero-order valence-corrected chi connectivity index (χ0v) is 9.99. The van der Waals surface area contributed by atoms with Crippen LogP contribution in [0.15, 0.2) is 5.38 Å². The molecule has 0 saturated heterocycles. The smallest absolute Gasteiger partial charge is 0.321 e. The van der Waals surface area contributed by atoms with E-state index in [0.29, 0.717) is 5.13 Å². The van der Waals surface area contributed by atoms with Gasteiger partial charge in [0.15, 0.2) is 5.13 Å². The second-order valence-corrected chi connectivity index (χ2v) is 4.24. The Kier molecular flexibility index (Phi) is 5.10. The second-order valence-electron chi connectivity index (χ2n) is 3.38. The number of hydrogen-bond donors (Lipinski definition) is 2. The number of urea groups is 1. The number of thiazole rings is 1. The van der Waals surface area contributed by atoms with Crippen molar-refractivity contribution in [3.63, 3.8) is 0 Å². The third-order valence-corrected chi connectivity index (χ3v) is 2.78. The Balaban J connectivity index is 2.18. The van der Waals surface area contributed by atoms with Crippen molar-refractivity contribution in [3.05, 3.63) is 11.1 Å². The lowest BCUT2D eigenvalue weighted by Crippen LogP contribution is -2.29. The summed E-state index contributed by atoms with van der Waals surface area (Å²) < 4.78 is 0. The Morgan fingerprint density at radius 2 is 2.33 bits per heavy atom. The first-order valence-electron chi connectivity index (χ1n) is 5.19. The van der Waals surface area contributed by atoms with Crippen LogP contribution in [-0.2, 0) is 0 Å². The molecule has 15 heavy (non-hydrogen) atoms. The highest BCUT2D eigenvalue weighted by molar-refractivity contribution is 7.13. The van der Waals surface area contributed by atoms with E-state index in [1.807, 2.05) is 12.3 Å². The molecule has 0 spiro atoms. The van der Waals surface area contributed by atoms with Crippen LogP contribution >= 0.6 is 11.3 Å². The highest BCUT2D eigenvalue weighted by Gasteiger charge is 2.03. The lowest BCUT2D eigenvalue weighted by Gasteiger charge is -2.04. The third-order valence-electron chi connectivity index (χ3n) is 1.91. The largest absolute Gasteiger partial charge is 0.338 e. The summed E-state index contributed by atoms with van der Waals surface area (Å²) in [6.45, 7) is 4.77. The quantitative estimate of drug-likeness (QED) is 0.760. The number of aryl methyl sites for hydroxylation is 1. The maximum atomic E-state index is 11.3. The van der Waals surface area contributed by atoms with Crippen molar-refractivity contribution in [1.29, 1.82) is 0 Å². The molecule has 5 heteroatoms. The number of anilines is 1. The molecule has 0 bridgehead atoms. The fourth-order valence-electron chi connectivity index (χ4n) is 1.13. The van der Waals surface area contributed by atoms with E-state index in [1.54, 1.807) is 0 Å². The maximum Gasteiger partial charge on any atom is 0.321 e. The van der Waals surface area contributed by atoms with Crippen molar-refractivity contribution in [1.82, 2.24) is 10.3 Å². The molecule has 0 unspecified atom stereocenters. The first-order valence-corrected chi connectivity index (χ1v) is 6.07. The van der Waals surface area contributed by atoms with Crippen LogP contribution in [0.1, 0.15) is 31.9 Å². The van der Waals surface area contributed by atoms with E-state index in [4.69, 9.17) is 0 Å². The van der Waals surface area contributed by atoms with Crippen molar-refractivity contribution in [3.8, 4) is 0 Å². The highest BCUT2D eigenvalue weighted by atomic mass is 32.1. The van der Waals surface area contributed by atoms with Crippen LogP contribution < -0.4 is 10.6 Å². The summed E-state index contributed by atoms with van der Waals surface area (Å²) in [5, 5.41) is 8.05. The van der Waals surface area contributed by atoms with E-state index in [9.17, 15) is 4.79 Å². The molecule has 0 aliphatic heterocycles. The topological polar surface area (TPSA) is 54.0 Å². The van der Waals surface area contributed by atoms with E-state index in [-0.39, 0.29) is 6.03 Å². The molecular weight excluding hydrogens is 210 g/mol. The van der Waals surface area contributed by atoms with E-state index in [2.05, 4.69) is 22.5 Å². The van der Waals surface area contributed by atoms with Gasteiger partial charge in [-0.2, -0.15) is 0 Å². The minimum Gasteiger partial charge on any atom is -0.338 e. The molecule has 1 heterocycles. The Morgan fingerprint density at radius 1 is 1.53 bits per heavy atom. The molecular formula is C10H17N3OS. The molecule has 1 rings (SSSR count). The predicted molar refractivity (Wildman–Crippen MR) is 63.4 cm³/mol. The molecule has 2 N–H and O–H groups in total. The monoisotopic (exact) mass is 227 g/mol. The summed E-state index contributed by atoms with van der Waals surface area (Å²) in [5.74, 6) is 0. The number of rotatable bonds is 5. The van der Waals surface area contributed by atoms with Gasteiger partial charge in [-0.15, -0.1) is 11.3 Å². The van der Waals surface area contributed by atoms with Gasteiger partial charge in [0.25, 0.3) is 0 Å². The van der Waals surface area contributed by atoms with Crippen LogP contribution in [0.2, 0.25) is 0 Å². The molecule has 0 aliphatic rings. The first kappa shape index (κ1) is 12.0. The third kappa shape index (κ3) is 4.78. The molecule has 0 atom stereocenters. The minimum absolute atomic E-state index is 0.166. The first-order chi connectivity index (χ1) is 7.22. The maximum absolute atomic E-state index is 11.3. The standard InChI is InChI=1S/C10H17N3OS/c1-3-4-5-6-11-9(14)13-10-12-8(2)7-15-10/h7H,3-6H2,1-2H3,(H2,11,12,13,14).